The van der Waals surface area contributed by atoms with Gasteiger partial charge >= 0.3 is 0 Å². The average molecular weight is 188 g/mol. The molecule has 0 aliphatic heterocycles. The standard InChI is InChI=1S/C11H12N2O/c1-10-3-2-4-11(7-10)8-14-13-6-5-12-9-13/h2-7,9H,8H2,1H3. The second-order valence-corrected chi connectivity index (χ2v) is 3.19. The maximum atomic E-state index is 5.44. The molecular formula is C11H12N2O. The van der Waals surface area contributed by atoms with Crippen LogP contribution in [0.15, 0.2) is 43.0 Å². The third kappa shape index (κ3) is 2.13. The molecule has 3 heteroatoms. The van der Waals surface area contributed by atoms with Gasteiger partial charge in [-0.2, -0.15) is 4.73 Å². The van der Waals surface area contributed by atoms with E-state index in [1.807, 2.05) is 12.1 Å². The number of benzene rings is 1. The van der Waals surface area contributed by atoms with E-state index >= 15 is 0 Å². The van der Waals surface area contributed by atoms with E-state index < -0.39 is 0 Å². The van der Waals surface area contributed by atoms with Gasteiger partial charge in [0.25, 0.3) is 0 Å². The lowest BCUT2D eigenvalue weighted by molar-refractivity contribution is 0.0969. The van der Waals surface area contributed by atoms with Gasteiger partial charge in [0.05, 0.1) is 6.20 Å². The molecule has 0 saturated carbocycles. The quantitative estimate of drug-likeness (QED) is 0.734. The third-order valence-corrected chi connectivity index (χ3v) is 1.94. The fourth-order valence-electron chi connectivity index (χ4n) is 1.27. The van der Waals surface area contributed by atoms with Gasteiger partial charge in [-0.1, -0.05) is 29.8 Å². The van der Waals surface area contributed by atoms with E-state index in [4.69, 9.17) is 4.84 Å². The van der Waals surface area contributed by atoms with Crippen LogP contribution in [0.2, 0.25) is 0 Å². The van der Waals surface area contributed by atoms with Crippen molar-refractivity contribution in [3.05, 3.63) is 54.1 Å². The smallest absolute Gasteiger partial charge is 0.140 e. The van der Waals surface area contributed by atoms with Crippen LogP contribution in [0.25, 0.3) is 0 Å². The predicted octanol–water partition coefficient (Wildman–Crippen LogP) is 1.82. The summed E-state index contributed by atoms with van der Waals surface area (Å²) in [6.45, 7) is 2.64. The van der Waals surface area contributed by atoms with Crippen molar-refractivity contribution < 1.29 is 4.84 Å². The summed E-state index contributed by atoms with van der Waals surface area (Å²) < 4.78 is 1.60. The summed E-state index contributed by atoms with van der Waals surface area (Å²) in [6, 6.07) is 8.25. The summed E-state index contributed by atoms with van der Waals surface area (Å²) in [5, 5.41) is 0. The first-order valence-corrected chi connectivity index (χ1v) is 4.51. The molecule has 2 rings (SSSR count). The highest BCUT2D eigenvalue weighted by Gasteiger charge is 1.94. The molecule has 72 valence electrons. The Morgan fingerprint density at radius 1 is 1.43 bits per heavy atom. The van der Waals surface area contributed by atoms with Crippen molar-refractivity contribution in [3.63, 3.8) is 0 Å². The van der Waals surface area contributed by atoms with Gasteiger partial charge in [0, 0.05) is 6.20 Å². The molecule has 0 radical (unpaired) electrons. The molecule has 14 heavy (non-hydrogen) atoms. The normalized spacial score (nSPS) is 10.1. The van der Waals surface area contributed by atoms with E-state index in [-0.39, 0.29) is 0 Å². The van der Waals surface area contributed by atoms with Gasteiger partial charge in [-0.05, 0) is 12.5 Å². The number of aryl methyl sites for hydroxylation is 1. The third-order valence-electron chi connectivity index (χ3n) is 1.94. The van der Waals surface area contributed by atoms with Crippen LogP contribution in [-0.4, -0.2) is 9.71 Å². The van der Waals surface area contributed by atoms with Crippen LogP contribution in [0.5, 0.6) is 0 Å². The Morgan fingerprint density at radius 3 is 3.07 bits per heavy atom. The monoisotopic (exact) mass is 188 g/mol. The molecule has 0 amide bonds. The molecular weight excluding hydrogens is 176 g/mol. The first kappa shape index (κ1) is 8.81. The first-order valence-electron chi connectivity index (χ1n) is 4.51. The number of nitrogens with zero attached hydrogens (tertiary/aromatic N) is 2. The summed E-state index contributed by atoms with van der Waals surface area (Å²) in [6.07, 6.45) is 5.10. The molecule has 1 heterocycles. The van der Waals surface area contributed by atoms with E-state index in [0.29, 0.717) is 6.61 Å². The fourth-order valence-corrected chi connectivity index (χ4v) is 1.27. The Kier molecular flexibility index (Phi) is 2.49. The lowest BCUT2D eigenvalue weighted by atomic mass is 10.1. The Bertz CT molecular complexity index is 395. The minimum Gasteiger partial charge on any atom is -0.408 e. The molecule has 3 nitrogen and oxygen atoms in total. The highest BCUT2D eigenvalue weighted by atomic mass is 16.7. The van der Waals surface area contributed by atoms with Gasteiger partial charge < -0.3 is 4.84 Å². The van der Waals surface area contributed by atoms with E-state index in [0.717, 1.165) is 0 Å². The molecule has 0 atom stereocenters. The minimum absolute atomic E-state index is 0.567. The molecule has 0 fully saturated rings. The van der Waals surface area contributed by atoms with Crippen LogP contribution in [-0.2, 0) is 6.61 Å². The topological polar surface area (TPSA) is 27.1 Å². The maximum absolute atomic E-state index is 5.44. The predicted molar refractivity (Wildman–Crippen MR) is 53.7 cm³/mol. The highest BCUT2D eigenvalue weighted by Crippen LogP contribution is 2.03. The number of aromatic nitrogens is 2. The summed E-state index contributed by atoms with van der Waals surface area (Å²) in [4.78, 5) is 9.33. The number of imidazole rings is 1. The molecule has 1 aromatic heterocycles. The Balaban J connectivity index is 1.98. The maximum Gasteiger partial charge on any atom is 0.140 e. The summed E-state index contributed by atoms with van der Waals surface area (Å²) in [5.74, 6) is 0. The number of hydrogen-bond acceptors (Lipinski definition) is 2. The summed E-state index contributed by atoms with van der Waals surface area (Å²) in [7, 11) is 0. The van der Waals surface area contributed by atoms with Crippen LogP contribution in [0.3, 0.4) is 0 Å². The van der Waals surface area contributed by atoms with Crippen molar-refractivity contribution in [2.45, 2.75) is 13.5 Å². The van der Waals surface area contributed by atoms with Gasteiger partial charge in [0.1, 0.15) is 12.9 Å². The van der Waals surface area contributed by atoms with Crippen molar-refractivity contribution in [2.75, 3.05) is 0 Å². The zero-order valence-electron chi connectivity index (χ0n) is 8.05. The molecule has 0 aliphatic rings. The first-order chi connectivity index (χ1) is 6.84. The van der Waals surface area contributed by atoms with Gasteiger partial charge in [0.15, 0.2) is 0 Å². The van der Waals surface area contributed by atoms with Crippen molar-refractivity contribution in [3.8, 4) is 0 Å². The zero-order chi connectivity index (χ0) is 9.80. The minimum atomic E-state index is 0.567. The molecule has 0 bridgehead atoms. The molecule has 2 aromatic rings. The average Bonchev–Trinajstić information content (AvgIpc) is 2.67. The zero-order valence-corrected chi connectivity index (χ0v) is 8.05. The molecule has 0 saturated heterocycles. The largest absolute Gasteiger partial charge is 0.408 e. The van der Waals surface area contributed by atoms with Crippen molar-refractivity contribution in [1.29, 1.82) is 0 Å². The summed E-state index contributed by atoms with van der Waals surface area (Å²) >= 11 is 0. The Hall–Kier alpha value is -1.77. The van der Waals surface area contributed by atoms with Crippen LogP contribution in [0, 0.1) is 6.92 Å². The number of rotatable bonds is 3. The Morgan fingerprint density at radius 2 is 2.36 bits per heavy atom. The molecule has 0 unspecified atom stereocenters. The van der Waals surface area contributed by atoms with Crippen LogP contribution < -0.4 is 4.84 Å². The second-order valence-electron chi connectivity index (χ2n) is 3.19. The lowest BCUT2D eigenvalue weighted by Crippen LogP contribution is -2.08. The van der Waals surface area contributed by atoms with E-state index in [1.165, 1.54) is 11.1 Å². The Labute approximate surface area is 82.9 Å². The van der Waals surface area contributed by atoms with Crippen LogP contribution in [0.4, 0.5) is 0 Å². The molecule has 0 N–H and O–H groups in total. The van der Waals surface area contributed by atoms with E-state index in [1.54, 1.807) is 23.5 Å². The van der Waals surface area contributed by atoms with Crippen molar-refractivity contribution >= 4 is 0 Å². The highest BCUT2D eigenvalue weighted by molar-refractivity contribution is 5.21. The summed E-state index contributed by atoms with van der Waals surface area (Å²) in [5.41, 5.74) is 2.41. The fraction of sp³-hybridized carbons (Fsp3) is 0.182. The molecule has 0 spiro atoms. The van der Waals surface area contributed by atoms with Gasteiger partial charge in [-0.3, -0.25) is 0 Å². The van der Waals surface area contributed by atoms with E-state index in [2.05, 4.69) is 24.0 Å². The van der Waals surface area contributed by atoms with Gasteiger partial charge in [0.2, 0.25) is 0 Å². The van der Waals surface area contributed by atoms with Crippen molar-refractivity contribution in [1.82, 2.24) is 9.71 Å². The van der Waals surface area contributed by atoms with Gasteiger partial charge in [-0.15, -0.1) is 0 Å². The SMILES string of the molecule is Cc1cccc(COn2ccnc2)c1. The lowest BCUT2D eigenvalue weighted by Gasteiger charge is -2.05. The molecule has 0 aliphatic carbocycles. The number of hydrogen-bond donors (Lipinski definition) is 0. The molecule has 1 aromatic carbocycles. The van der Waals surface area contributed by atoms with Crippen molar-refractivity contribution in [2.24, 2.45) is 0 Å². The second kappa shape index (κ2) is 3.96. The van der Waals surface area contributed by atoms with Crippen LogP contribution >= 0.6 is 0 Å². The van der Waals surface area contributed by atoms with Gasteiger partial charge in [-0.25, -0.2) is 4.98 Å². The van der Waals surface area contributed by atoms with E-state index in [9.17, 15) is 0 Å². The van der Waals surface area contributed by atoms with Crippen LogP contribution in [0.1, 0.15) is 11.1 Å².